The van der Waals surface area contributed by atoms with Gasteiger partial charge in [-0.1, -0.05) is 0 Å². The van der Waals surface area contributed by atoms with E-state index in [4.69, 9.17) is 0 Å². The monoisotopic (exact) mass is 348 g/mol. The van der Waals surface area contributed by atoms with Gasteiger partial charge in [0.1, 0.15) is 0 Å². The quantitative estimate of drug-likeness (QED) is 0.614. The zero-order valence-corrected chi connectivity index (χ0v) is 11.8. The van der Waals surface area contributed by atoms with Gasteiger partial charge in [-0.25, -0.2) is 0 Å². The second-order valence-corrected chi connectivity index (χ2v) is 5.47. The normalized spacial score (nSPS) is 12.0. The molecule has 7 heteroatoms. The maximum absolute atomic E-state index is 12.3. The Morgan fingerprint density at radius 1 is 1.21 bits per heavy atom. The van der Waals surface area contributed by atoms with Crippen molar-refractivity contribution >= 4 is 39.2 Å². The molecular weight excluding hydrogens is 341 g/mol. The van der Waals surface area contributed by atoms with Crippen LogP contribution in [0.5, 0.6) is 0 Å². The molecule has 19 heavy (non-hydrogen) atoms. The zero-order chi connectivity index (χ0) is 13.9. The minimum atomic E-state index is -4.31. The van der Waals surface area contributed by atoms with Gasteiger partial charge in [-0.3, -0.25) is 5.43 Å². The fourth-order valence-corrected chi connectivity index (χ4v) is 2.60. The largest absolute Gasteiger partial charge is 0.416 e. The van der Waals surface area contributed by atoms with Gasteiger partial charge < -0.3 is 0 Å². The first kappa shape index (κ1) is 14.1. The Morgan fingerprint density at radius 2 is 1.89 bits per heavy atom. The van der Waals surface area contributed by atoms with E-state index < -0.39 is 11.7 Å². The van der Waals surface area contributed by atoms with Crippen molar-refractivity contribution in [1.29, 1.82) is 0 Å². The van der Waals surface area contributed by atoms with Gasteiger partial charge in [-0.2, -0.15) is 18.3 Å². The molecule has 0 aliphatic rings. The molecule has 0 fully saturated rings. The first-order valence-electron chi connectivity index (χ1n) is 5.15. The van der Waals surface area contributed by atoms with Crippen LogP contribution in [-0.2, 0) is 6.18 Å². The molecule has 0 atom stereocenters. The summed E-state index contributed by atoms with van der Waals surface area (Å²) in [4.78, 5) is 0.936. The molecule has 2 nitrogen and oxygen atoms in total. The van der Waals surface area contributed by atoms with Crippen LogP contribution >= 0.6 is 27.3 Å². The van der Waals surface area contributed by atoms with Crippen molar-refractivity contribution < 1.29 is 13.2 Å². The molecule has 0 unspecified atom stereocenters. The van der Waals surface area contributed by atoms with E-state index in [0.29, 0.717) is 5.69 Å². The Morgan fingerprint density at radius 3 is 2.42 bits per heavy atom. The maximum atomic E-state index is 12.3. The molecule has 0 aliphatic carbocycles. The van der Waals surface area contributed by atoms with Gasteiger partial charge in [-0.05, 0) is 46.3 Å². The molecule has 0 amide bonds. The Kier molecular flexibility index (Phi) is 4.26. The number of halogens is 4. The SMILES string of the molecule is FC(F)(F)c1ccc(N/N=C/c2cc(Br)cs2)cc1. The first-order valence-corrected chi connectivity index (χ1v) is 6.83. The van der Waals surface area contributed by atoms with Crippen LogP contribution in [0, 0.1) is 0 Å². The molecule has 0 saturated carbocycles. The fraction of sp³-hybridized carbons (Fsp3) is 0.0833. The number of nitrogens with zero attached hydrogens (tertiary/aromatic N) is 1. The van der Waals surface area contributed by atoms with Crippen molar-refractivity contribution in [3.63, 3.8) is 0 Å². The van der Waals surface area contributed by atoms with Gasteiger partial charge in [0.25, 0.3) is 0 Å². The fourth-order valence-electron chi connectivity index (χ4n) is 1.30. The van der Waals surface area contributed by atoms with Gasteiger partial charge in [0.05, 0.1) is 17.5 Å². The summed E-state index contributed by atoms with van der Waals surface area (Å²) in [6.45, 7) is 0. The summed E-state index contributed by atoms with van der Waals surface area (Å²) in [5, 5.41) is 5.87. The summed E-state index contributed by atoms with van der Waals surface area (Å²) >= 11 is 4.82. The van der Waals surface area contributed by atoms with Crippen molar-refractivity contribution in [3.8, 4) is 0 Å². The number of anilines is 1. The van der Waals surface area contributed by atoms with Crippen LogP contribution in [-0.4, -0.2) is 6.21 Å². The maximum Gasteiger partial charge on any atom is 0.416 e. The third kappa shape index (κ3) is 4.07. The van der Waals surface area contributed by atoms with Gasteiger partial charge >= 0.3 is 6.18 Å². The smallest absolute Gasteiger partial charge is 0.278 e. The number of thiophene rings is 1. The molecule has 0 bridgehead atoms. The van der Waals surface area contributed by atoms with Crippen molar-refractivity contribution in [2.45, 2.75) is 6.18 Å². The number of hydrazone groups is 1. The van der Waals surface area contributed by atoms with Crippen LogP contribution in [0.1, 0.15) is 10.4 Å². The standard InChI is InChI=1S/C12H8BrF3N2S/c13-9-5-11(19-7-9)6-17-18-10-3-1-8(2-4-10)12(14,15)16/h1-7,18H/b17-6+. The van der Waals surface area contributed by atoms with E-state index >= 15 is 0 Å². The Bertz CT molecular complexity index is 575. The molecule has 1 N–H and O–H groups in total. The van der Waals surface area contributed by atoms with E-state index in [-0.39, 0.29) is 0 Å². The van der Waals surface area contributed by atoms with Gasteiger partial charge in [0, 0.05) is 14.7 Å². The molecule has 2 aromatic rings. The van der Waals surface area contributed by atoms with Gasteiger partial charge in [-0.15, -0.1) is 11.3 Å². The summed E-state index contributed by atoms with van der Waals surface area (Å²) in [6.07, 6.45) is -2.71. The van der Waals surface area contributed by atoms with E-state index in [2.05, 4.69) is 26.5 Å². The van der Waals surface area contributed by atoms with Gasteiger partial charge in [0.15, 0.2) is 0 Å². The first-order chi connectivity index (χ1) is 8.95. The third-order valence-electron chi connectivity index (χ3n) is 2.19. The predicted molar refractivity (Wildman–Crippen MR) is 74.7 cm³/mol. The second kappa shape index (κ2) is 5.75. The average Bonchev–Trinajstić information content (AvgIpc) is 2.75. The lowest BCUT2D eigenvalue weighted by atomic mass is 10.2. The summed E-state index contributed by atoms with van der Waals surface area (Å²) < 4.78 is 38.0. The second-order valence-electron chi connectivity index (χ2n) is 3.61. The van der Waals surface area contributed by atoms with E-state index in [9.17, 15) is 13.2 Å². The minimum absolute atomic E-state index is 0.500. The number of alkyl halides is 3. The molecule has 0 radical (unpaired) electrons. The van der Waals surface area contributed by atoms with Crippen LogP contribution in [0.4, 0.5) is 18.9 Å². The van der Waals surface area contributed by atoms with E-state index in [1.54, 1.807) is 6.21 Å². The summed E-state index contributed by atoms with van der Waals surface area (Å²) in [5.74, 6) is 0. The van der Waals surface area contributed by atoms with E-state index in [0.717, 1.165) is 21.5 Å². The summed E-state index contributed by atoms with van der Waals surface area (Å²) in [5.41, 5.74) is 2.50. The number of hydrogen-bond donors (Lipinski definition) is 1. The molecule has 1 aromatic carbocycles. The van der Waals surface area contributed by atoms with Crippen molar-refractivity contribution in [3.05, 3.63) is 50.6 Å². The lowest BCUT2D eigenvalue weighted by Crippen LogP contribution is -2.04. The molecule has 0 aliphatic heterocycles. The Labute approximate surface area is 120 Å². The molecule has 2 rings (SSSR count). The average molecular weight is 349 g/mol. The van der Waals surface area contributed by atoms with Crippen LogP contribution in [0.15, 0.2) is 45.3 Å². The molecule has 100 valence electrons. The highest BCUT2D eigenvalue weighted by atomic mass is 79.9. The van der Waals surface area contributed by atoms with Crippen molar-refractivity contribution in [2.24, 2.45) is 5.10 Å². The van der Waals surface area contributed by atoms with Crippen LogP contribution in [0.25, 0.3) is 0 Å². The van der Waals surface area contributed by atoms with Crippen LogP contribution in [0.3, 0.4) is 0 Å². The lowest BCUT2D eigenvalue weighted by molar-refractivity contribution is -0.137. The van der Waals surface area contributed by atoms with Crippen LogP contribution in [0.2, 0.25) is 0 Å². The summed E-state index contributed by atoms with van der Waals surface area (Å²) in [7, 11) is 0. The number of benzene rings is 1. The predicted octanol–water partition coefficient (Wildman–Crippen LogP) is 4.98. The summed E-state index contributed by atoms with van der Waals surface area (Å²) in [6, 6.07) is 6.59. The molecule has 1 heterocycles. The Balaban J connectivity index is 1.98. The van der Waals surface area contributed by atoms with Gasteiger partial charge in [0.2, 0.25) is 0 Å². The molecule has 1 aromatic heterocycles. The highest BCUT2D eigenvalue weighted by molar-refractivity contribution is 9.10. The van der Waals surface area contributed by atoms with E-state index in [1.807, 2.05) is 11.4 Å². The number of nitrogens with one attached hydrogen (secondary N) is 1. The highest BCUT2D eigenvalue weighted by Gasteiger charge is 2.29. The lowest BCUT2D eigenvalue weighted by Gasteiger charge is -2.06. The minimum Gasteiger partial charge on any atom is -0.278 e. The Hall–Kier alpha value is -1.34. The van der Waals surface area contributed by atoms with Crippen LogP contribution < -0.4 is 5.43 Å². The number of rotatable bonds is 3. The third-order valence-corrected chi connectivity index (χ3v) is 3.81. The van der Waals surface area contributed by atoms with Crippen molar-refractivity contribution in [2.75, 3.05) is 5.43 Å². The topological polar surface area (TPSA) is 24.4 Å². The highest BCUT2D eigenvalue weighted by Crippen LogP contribution is 2.29. The zero-order valence-electron chi connectivity index (χ0n) is 9.41. The molecule has 0 saturated heterocycles. The number of hydrogen-bond acceptors (Lipinski definition) is 3. The molecule has 0 spiro atoms. The van der Waals surface area contributed by atoms with Crippen molar-refractivity contribution in [1.82, 2.24) is 0 Å². The van der Waals surface area contributed by atoms with E-state index in [1.165, 1.54) is 23.5 Å². The molecular formula is C12H8BrF3N2S.